The van der Waals surface area contributed by atoms with Crippen molar-refractivity contribution in [1.82, 2.24) is 10.6 Å². The third kappa shape index (κ3) is 6.96. The van der Waals surface area contributed by atoms with Crippen molar-refractivity contribution in [1.29, 1.82) is 0 Å². The minimum atomic E-state index is -1.82. The fraction of sp³-hybridized carbons (Fsp3) is 0.125. The van der Waals surface area contributed by atoms with Crippen LogP contribution in [0.25, 0.3) is 0 Å². The largest absolute Gasteiger partial charge is 0.339 e. The Balaban J connectivity index is 1.96. The van der Waals surface area contributed by atoms with E-state index in [9.17, 15) is 4.79 Å². The number of carbonyl (C=O) groups excluding carboxylic acids is 1. The maximum Gasteiger partial charge on any atom is 0.320 e. The predicted molar refractivity (Wildman–Crippen MR) is 108 cm³/mol. The number of para-hydroxylation sites is 2. The Morgan fingerprint density at radius 1 is 0.840 bits per heavy atom. The fourth-order valence-electron chi connectivity index (χ4n) is 1.84. The van der Waals surface area contributed by atoms with Crippen molar-refractivity contribution in [3.8, 4) is 0 Å². The number of nitrogens with one attached hydrogen (secondary N) is 4. The molecule has 0 bridgehead atoms. The first-order valence-corrected chi connectivity index (χ1v) is 8.70. The monoisotopic (exact) mass is 416 g/mol. The summed E-state index contributed by atoms with van der Waals surface area (Å²) < 4.78 is -1.82. The zero-order chi connectivity index (χ0) is 18.3. The molecule has 2 aromatic carbocycles. The zero-order valence-corrected chi connectivity index (χ0v) is 15.9. The minimum Gasteiger partial charge on any atom is -0.339 e. The van der Waals surface area contributed by atoms with Crippen LogP contribution in [-0.2, 0) is 0 Å². The summed E-state index contributed by atoms with van der Waals surface area (Å²) in [5.41, 5.74) is 1.37. The van der Waals surface area contributed by atoms with E-state index in [1.807, 2.05) is 36.4 Å². The second-order valence-electron chi connectivity index (χ2n) is 4.90. The van der Waals surface area contributed by atoms with Crippen LogP contribution in [0.1, 0.15) is 0 Å². The van der Waals surface area contributed by atoms with Gasteiger partial charge in [0.25, 0.3) is 0 Å². The number of hydrogen-bond donors (Lipinski definition) is 4. The molecule has 0 aromatic heterocycles. The van der Waals surface area contributed by atoms with Crippen LogP contribution in [0.2, 0.25) is 0 Å². The Morgan fingerprint density at radius 2 is 1.32 bits per heavy atom. The van der Waals surface area contributed by atoms with Crippen molar-refractivity contribution >= 4 is 69.5 Å². The zero-order valence-electron chi connectivity index (χ0n) is 12.8. The van der Waals surface area contributed by atoms with Crippen molar-refractivity contribution in [2.45, 2.75) is 9.96 Å². The average Bonchev–Trinajstić information content (AvgIpc) is 2.55. The van der Waals surface area contributed by atoms with Gasteiger partial charge >= 0.3 is 6.03 Å². The summed E-state index contributed by atoms with van der Waals surface area (Å²) in [6.07, 6.45) is -1.05. The molecule has 0 spiro atoms. The van der Waals surface area contributed by atoms with Crippen LogP contribution < -0.4 is 21.3 Å². The topological polar surface area (TPSA) is 65.2 Å². The highest BCUT2D eigenvalue weighted by molar-refractivity contribution is 7.80. The second kappa shape index (κ2) is 9.10. The van der Waals surface area contributed by atoms with Crippen molar-refractivity contribution < 1.29 is 4.79 Å². The SMILES string of the molecule is O=C(Nc1ccccc1)N[C@H](NC(=S)Nc1ccccc1)C(Cl)(Cl)Cl. The van der Waals surface area contributed by atoms with Crippen LogP contribution in [0.3, 0.4) is 0 Å². The number of benzene rings is 2. The number of halogens is 3. The number of alkyl halides is 3. The van der Waals surface area contributed by atoms with Gasteiger partial charge in [0.1, 0.15) is 0 Å². The maximum atomic E-state index is 12.1. The normalized spacial score (nSPS) is 12.0. The third-order valence-corrected chi connectivity index (χ3v) is 3.82. The van der Waals surface area contributed by atoms with Crippen LogP contribution in [0.4, 0.5) is 16.2 Å². The first-order chi connectivity index (χ1) is 11.8. The molecule has 5 nitrogen and oxygen atoms in total. The van der Waals surface area contributed by atoms with E-state index in [1.54, 1.807) is 24.3 Å². The Morgan fingerprint density at radius 3 is 1.80 bits per heavy atom. The molecule has 0 aliphatic heterocycles. The minimum absolute atomic E-state index is 0.197. The van der Waals surface area contributed by atoms with Crippen molar-refractivity contribution in [3.05, 3.63) is 60.7 Å². The number of hydrogen-bond acceptors (Lipinski definition) is 2. The standard InChI is InChI=1S/C16H15Cl3N4OS/c17-16(18,19)13(22-14(24)20-11-7-3-1-4-8-11)23-15(25)21-12-9-5-2-6-10-12/h1-10,13H,(H2,20,22,24)(H2,21,23,25)/t13-/m1/s1. The van der Waals surface area contributed by atoms with Crippen molar-refractivity contribution in [3.63, 3.8) is 0 Å². The molecule has 0 heterocycles. The van der Waals surface area contributed by atoms with Crippen molar-refractivity contribution in [2.24, 2.45) is 0 Å². The van der Waals surface area contributed by atoms with Gasteiger partial charge in [0.15, 0.2) is 11.3 Å². The van der Waals surface area contributed by atoms with Gasteiger partial charge in [0.05, 0.1) is 0 Å². The lowest BCUT2D eigenvalue weighted by molar-refractivity contribution is 0.247. The van der Waals surface area contributed by atoms with Gasteiger partial charge in [-0.25, -0.2) is 4.79 Å². The van der Waals surface area contributed by atoms with E-state index < -0.39 is 16.0 Å². The van der Waals surface area contributed by atoms with Gasteiger partial charge in [-0.15, -0.1) is 0 Å². The predicted octanol–water partition coefficient (Wildman–Crippen LogP) is 4.49. The smallest absolute Gasteiger partial charge is 0.320 e. The molecule has 2 aromatic rings. The quantitative estimate of drug-likeness (QED) is 0.336. The van der Waals surface area contributed by atoms with Crippen LogP contribution in [0, 0.1) is 0 Å². The molecule has 0 aliphatic rings. The molecule has 1 atom stereocenters. The summed E-state index contributed by atoms with van der Waals surface area (Å²) in [6.45, 7) is 0. The summed E-state index contributed by atoms with van der Waals surface area (Å²) in [6, 6.07) is 17.6. The number of thiocarbonyl (C=S) groups is 1. The Labute approximate surface area is 166 Å². The van der Waals surface area contributed by atoms with E-state index in [4.69, 9.17) is 47.0 Å². The van der Waals surface area contributed by atoms with E-state index in [-0.39, 0.29) is 5.11 Å². The lowest BCUT2D eigenvalue weighted by atomic mass is 10.3. The lowest BCUT2D eigenvalue weighted by Gasteiger charge is -2.27. The van der Waals surface area contributed by atoms with Gasteiger partial charge in [-0.1, -0.05) is 71.2 Å². The second-order valence-corrected chi connectivity index (χ2v) is 7.68. The highest BCUT2D eigenvalue weighted by Crippen LogP contribution is 2.29. The van der Waals surface area contributed by atoms with Crippen LogP contribution in [0.5, 0.6) is 0 Å². The fourth-order valence-corrected chi connectivity index (χ4v) is 2.40. The molecule has 9 heteroatoms. The summed E-state index contributed by atoms with van der Waals surface area (Å²) in [5, 5.41) is 11.1. The first-order valence-electron chi connectivity index (χ1n) is 7.16. The molecule has 25 heavy (non-hydrogen) atoms. The molecule has 0 saturated carbocycles. The van der Waals surface area contributed by atoms with Crippen LogP contribution in [0.15, 0.2) is 60.7 Å². The van der Waals surface area contributed by atoms with Crippen LogP contribution >= 0.6 is 47.0 Å². The van der Waals surface area contributed by atoms with E-state index >= 15 is 0 Å². The van der Waals surface area contributed by atoms with E-state index in [2.05, 4.69) is 21.3 Å². The number of anilines is 2. The average molecular weight is 418 g/mol. The first kappa shape index (κ1) is 19.6. The highest BCUT2D eigenvalue weighted by atomic mass is 35.6. The highest BCUT2D eigenvalue weighted by Gasteiger charge is 2.34. The molecule has 2 rings (SSSR count). The molecule has 0 aliphatic carbocycles. The molecule has 132 valence electrons. The summed E-state index contributed by atoms with van der Waals surface area (Å²) >= 11 is 23.0. The van der Waals surface area contributed by atoms with Gasteiger partial charge in [-0.2, -0.15) is 0 Å². The summed E-state index contributed by atoms with van der Waals surface area (Å²) in [7, 11) is 0. The maximum absolute atomic E-state index is 12.1. The molecule has 0 fully saturated rings. The number of rotatable bonds is 4. The molecule has 4 N–H and O–H groups in total. The molecular formula is C16H15Cl3N4OS. The molecule has 2 amide bonds. The Kier molecular flexibility index (Phi) is 7.13. The van der Waals surface area contributed by atoms with Crippen LogP contribution in [-0.4, -0.2) is 21.1 Å². The molecular weight excluding hydrogens is 403 g/mol. The van der Waals surface area contributed by atoms with Gasteiger partial charge in [-0.05, 0) is 36.5 Å². The van der Waals surface area contributed by atoms with Gasteiger partial charge in [0, 0.05) is 11.4 Å². The van der Waals surface area contributed by atoms with E-state index in [0.717, 1.165) is 5.69 Å². The third-order valence-electron chi connectivity index (χ3n) is 2.94. The number of carbonyl (C=O) groups is 1. The summed E-state index contributed by atoms with van der Waals surface area (Å²) in [5.74, 6) is 0. The van der Waals surface area contributed by atoms with E-state index in [0.29, 0.717) is 5.69 Å². The van der Waals surface area contributed by atoms with Gasteiger partial charge in [-0.3, -0.25) is 0 Å². The lowest BCUT2D eigenvalue weighted by Crippen LogP contribution is -2.57. The van der Waals surface area contributed by atoms with Crippen molar-refractivity contribution in [2.75, 3.05) is 10.6 Å². The van der Waals surface area contributed by atoms with E-state index in [1.165, 1.54) is 0 Å². The number of urea groups is 1. The molecule has 0 saturated heterocycles. The molecule has 0 radical (unpaired) electrons. The summed E-state index contributed by atoms with van der Waals surface area (Å²) in [4.78, 5) is 12.1. The van der Waals surface area contributed by atoms with Gasteiger partial charge in [0.2, 0.25) is 3.79 Å². The Bertz CT molecular complexity index is 655. The molecule has 0 unspecified atom stereocenters. The van der Waals surface area contributed by atoms with Gasteiger partial charge < -0.3 is 21.3 Å². The Hall–Kier alpha value is -1.73. The number of amides is 2.